The van der Waals surface area contributed by atoms with E-state index in [-0.39, 0.29) is 5.91 Å². The molecule has 1 aliphatic rings. The molecule has 1 amide bonds. The number of rotatable bonds is 4. The molecular formula is C17H20N2O2. The Bertz CT molecular complexity index is 616. The molecule has 0 saturated carbocycles. The summed E-state index contributed by atoms with van der Waals surface area (Å²) in [6.07, 6.45) is 0. The molecule has 2 aromatic carbocycles. The van der Waals surface area contributed by atoms with Crippen molar-refractivity contribution in [3.63, 3.8) is 0 Å². The van der Waals surface area contributed by atoms with Gasteiger partial charge in [-0.2, -0.15) is 0 Å². The van der Waals surface area contributed by atoms with Crippen LogP contribution in [0.1, 0.15) is 10.4 Å². The Morgan fingerprint density at radius 3 is 2.71 bits per heavy atom. The van der Waals surface area contributed by atoms with E-state index in [0.717, 1.165) is 49.2 Å². The van der Waals surface area contributed by atoms with Crippen LogP contribution in [0.15, 0.2) is 42.5 Å². The predicted octanol–water partition coefficient (Wildman–Crippen LogP) is 1.90. The van der Waals surface area contributed by atoms with Crippen LogP contribution in [0, 0.1) is 0 Å². The van der Waals surface area contributed by atoms with Crippen molar-refractivity contribution in [2.24, 2.45) is 0 Å². The minimum Gasteiger partial charge on any atom is -0.379 e. The lowest BCUT2D eigenvalue weighted by Gasteiger charge is -2.26. The quantitative estimate of drug-likeness (QED) is 0.932. The van der Waals surface area contributed by atoms with Gasteiger partial charge in [-0.1, -0.05) is 36.4 Å². The molecule has 1 saturated heterocycles. The molecular weight excluding hydrogens is 264 g/mol. The standard InChI is InChI=1S/C17H20N2O2/c20-17(18-8-9-19-10-12-21-13-11-19)16-7-3-5-14-4-1-2-6-15(14)16/h1-7H,8-13H2,(H,18,20). The van der Waals surface area contributed by atoms with Gasteiger partial charge in [0.1, 0.15) is 0 Å². The number of ether oxygens (including phenoxy) is 1. The van der Waals surface area contributed by atoms with Gasteiger partial charge in [0.2, 0.25) is 0 Å². The molecule has 0 radical (unpaired) electrons. The molecule has 4 nitrogen and oxygen atoms in total. The molecule has 0 aliphatic carbocycles. The molecule has 2 aromatic rings. The molecule has 1 fully saturated rings. The smallest absolute Gasteiger partial charge is 0.251 e. The Morgan fingerprint density at radius 2 is 1.86 bits per heavy atom. The van der Waals surface area contributed by atoms with Gasteiger partial charge in [0.05, 0.1) is 13.2 Å². The molecule has 0 bridgehead atoms. The topological polar surface area (TPSA) is 41.6 Å². The number of hydrogen-bond donors (Lipinski definition) is 1. The van der Waals surface area contributed by atoms with Crippen LogP contribution in [0.3, 0.4) is 0 Å². The molecule has 1 heterocycles. The van der Waals surface area contributed by atoms with Gasteiger partial charge in [0.15, 0.2) is 0 Å². The second-order valence-corrected chi connectivity index (χ2v) is 5.24. The number of morpholine rings is 1. The lowest BCUT2D eigenvalue weighted by atomic mass is 10.0. The summed E-state index contributed by atoms with van der Waals surface area (Å²) in [7, 11) is 0. The Morgan fingerprint density at radius 1 is 1.10 bits per heavy atom. The number of nitrogens with zero attached hydrogens (tertiary/aromatic N) is 1. The van der Waals surface area contributed by atoms with E-state index < -0.39 is 0 Å². The molecule has 4 heteroatoms. The Labute approximate surface area is 124 Å². The van der Waals surface area contributed by atoms with Gasteiger partial charge < -0.3 is 10.1 Å². The van der Waals surface area contributed by atoms with Crippen LogP contribution in [0.25, 0.3) is 10.8 Å². The van der Waals surface area contributed by atoms with E-state index in [1.165, 1.54) is 0 Å². The third-order valence-electron chi connectivity index (χ3n) is 3.85. The summed E-state index contributed by atoms with van der Waals surface area (Å²) in [4.78, 5) is 14.7. The van der Waals surface area contributed by atoms with E-state index in [1.54, 1.807) is 0 Å². The second-order valence-electron chi connectivity index (χ2n) is 5.24. The summed E-state index contributed by atoms with van der Waals surface area (Å²) in [6, 6.07) is 13.8. The highest BCUT2D eigenvalue weighted by Gasteiger charge is 2.12. The van der Waals surface area contributed by atoms with Gasteiger partial charge in [-0.15, -0.1) is 0 Å². The van der Waals surface area contributed by atoms with Crippen LogP contribution in [-0.2, 0) is 4.74 Å². The highest BCUT2D eigenvalue weighted by Crippen LogP contribution is 2.18. The van der Waals surface area contributed by atoms with Gasteiger partial charge in [-0.05, 0) is 16.8 Å². The minimum absolute atomic E-state index is 0.0000550. The van der Waals surface area contributed by atoms with Crippen LogP contribution >= 0.6 is 0 Å². The van der Waals surface area contributed by atoms with E-state index in [0.29, 0.717) is 6.54 Å². The first-order valence-electron chi connectivity index (χ1n) is 7.41. The Kier molecular flexibility index (Phi) is 4.48. The number of amides is 1. The Balaban J connectivity index is 1.61. The Hall–Kier alpha value is -1.91. The summed E-state index contributed by atoms with van der Waals surface area (Å²) in [5.74, 6) is 0.0000550. The van der Waals surface area contributed by atoms with E-state index >= 15 is 0 Å². The number of fused-ring (bicyclic) bond motifs is 1. The van der Waals surface area contributed by atoms with Crippen molar-refractivity contribution < 1.29 is 9.53 Å². The van der Waals surface area contributed by atoms with E-state index in [1.807, 2.05) is 42.5 Å². The number of benzene rings is 2. The van der Waals surface area contributed by atoms with Gasteiger partial charge in [0.25, 0.3) is 5.91 Å². The fourth-order valence-corrected chi connectivity index (χ4v) is 2.67. The van der Waals surface area contributed by atoms with Gasteiger partial charge in [-0.3, -0.25) is 9.69 Å². The fraction of sp³-hybridized carbons (Fsp3) is 0.353. The molecule has 21 heavy (non-hydrogen) atoms. The average Bonchev–Trinajstić information content (AvgIpc) is 2.55. The van der Waals surface area contributed by atoms with Gasteiger partial charge >= 0.3 is 0 Å². The van der Waals surface area contributed by atoms with Gasteiger partial charge in [0, 0.05) is 31.7 Å². The van der Waals surface area contributed by atoms with Crippen LogP contribution in [-0.4, -0.2) is 50.2 Å². The predicted molar refractivity (Wildman–Crippen MR) is 83.5 cm³/mol. The summed E-state index contributed by atoms with van der Waals surface area (Å²) in [5.41, 5.74) is 0.745. The SMILES string of the molecule is O=C(NCCN1CCOCC1)c1cccc2ccccc12. The molecule has 0 atom stereocenters. The monoisotopic (exact) mass is 284 g/mol. The summed E-state index contributed by atoms with van der Waals surface area (Å²) >= 11 is 0. The van der Waals surface area contributed by atoms with Crippen molar-refractivity contribution in [3.8, 4) is 0 Å². The summed E-state index contributed by atoms with van der Waals surface area (Å²) in [5, 5.41) is 5.12. The van der Waals surface area contributed by atoms with E-state index in [4.69, 9.17) is 4.74 Å². The number of carbonyl (C=O) groups is 1. The van der Waals surface area contributed by atoms with E-state index in [9.17, 15) is 4.79 Å². The molecule has 110 valence electrons. The zero-order chi connectivity index (χ0) is 14.5. The minimum atomic E-state index is 0.0000550. The number of carbonyl (C=O) groups excluding carboxylic acids is 1. The zero-order valence-corrected chi connectivity index (χ0v) is 12.0. The molecule has 0 unspecified atom stereocenters. The highest BCUT2D eigenvalue weighted by atomic mass is 16.5. The zero-order valence-electron chi connectivity index (χ0n) is 12.0. The molecule has 0 aromatic heterocycles. The second kappa shape index (κ2) is 6.70. The maximum absolute atomic E-state index is 12.3. The first-order chi connectivity index (χ1) is 10.3. The third-order valence-corrected chi connectivity index (χ3v) is 3.85. The largest absolute Gasteiger partial charge is 0.379 e. The molecule has 1 N–H and O–H groups in total. The van der Waals surface area contributed by atoms with Crippen LogP contribution in [0.5, 0.6) is 0 Å². The van der Waals surface area contributed by atoms with Crippen LogP contribution < -0.4 is 5.32 Å². The maximum atomic E-state index is 12.3. The van der Waals surface area contributed by atoms with Crippen molar-refractivity contribution >= 4 is 16.7 Å². The third kappa shape index (κ3) is 3.40. The van der Waals surface area contributed by atoms with Crippen molar-refractivity contribution in [2.75, 3.05) is 39.4 Å². The molecule has 1 aliphatic heterocycles. The van der Waals surface area contributed by atoms with Crippen LogP contribution in [0.2, 0.25) is 0 Å². The summed E-state index contributed by atoms with van der Waals surface area (Å²) in [6.45, 7) is 5.02. The number of nitrogens with one attached hydrogen (secondary N) is 1. The van der Waals surface area contributed by atoms with Crippen molar-refractivity contribution in [2.45, 2.75) is 0 Å². The van der Waals surface area contributed by atoms with Crippen molar-refractivity contribution in [1.29, 1.82) is 0 Å². The first-order valence-corrected chi connectivity index (χ1v) is 7.41. The normalized spacial score (nSPS) is 16.0. The first kappa shape index (κ1) is 14.0. The lowest BCUT2D eigenvalue weighted by Crippen LogP contribution is -2.41. The highest BCUT2D eigenvalue weighted by molar-refractivity contribution is 6.06. The van der Waals surface area contributed by atoms with Gasteiger partial charge in [-0.25, -0.2) is 0 Å². The van der Waals surface area contributed by atoms with E-state index in [2.05, 4.69) is 10.2 Å². The molecule has 0 spiro atoms. The average molecular weight is 284 g/mol. The lowest BCUT2D eigenvalue weighted by molar-refractivity contribution is 0.0383. The van der Waals surface area contributed by atoms with Crippen molar-refractivity contribution in [1.82, 2.24) is 10.2 Å². The maximum Gasteiger partial charge on any atom is 0.251 e. The van der Waals surface area contributed by atoms with Crippen LogP contribution in [0.4, 0.5) is 0 Å². The summed E-state index contributed by atoms with van der Waals surface area (Å²) < 4.78 is 5.32. The molecule has 3 rings (SSSR count). The van der Waals surface area contributed by atoms with Crippen molar-refractivity contribution in [3.05, 3.63) is 48.0 Å². The fourth-order valence-electron chi connectivity index (χ4n) is 2.67. The number of hydrogen-bond acceptors (Lipinski definition) is 3.